The zero-order chi connectivity index (χ0) is 14.7. The van der Waals surface area contributed by atoms with E-state index < -0.39 is 15.3 Å². The summed E-state index contributed by atoms with van der Waals surface area (Å²) in [4.78, 5) is 0. The Labute approximate surface area is 118 Å². The predicted molar refractivity (Wildman–Crippen MR) is 78.4 cm³/mol. The van der Waals surface area contributed by atoms with E-state index in [1.54, 1.807) is 6.92 Å². The van der Waals surface area contributed by atoms with Crippen LogP contribution in [0.5, 0.6) is 0 Å². The normalized spacial score (nSPS) is 28.9. The van der Waals surface area contributed by atoms with Crippen molar-refractivity contribution in [1.82, 2.24) is 0 Å². The standard InChI is InChI=1S/C15H27NO2S/c1-5-19(17,18)11-10-15(12-16)8-6-13(7-9-15)14(2,3)4/h13H,5-11H2,1-4H3. The van der Waals surface area contributed by atoms with Gasteiger partial charge in [-0.25, -0.2) is 8.42 Å². The molecule has 19 heavy (non-hydrogen) atoms. The maximum absolute atomic E-state index is 11.6. The second kappa shape index (κ2) is 5.83. The van der Waals surface area contributed by atoms with Crippen LogP contribution in [0.4, 0.5) is 0 Å². The molecule has 1 rings (SSSR count). The van der Waals surface area contributed by atoms with Gasteiger partial charge >= 0.3 is 0 Å². The number of nitrogens with zero attached hydrogens (tertiary/aromatic N) is 1. The van der Waals surface area contributed by atoms with Crippen molar-refractivity contribution in [2.75, 3.05) is 11.5 Å². The van der Waals surface area contributed by atoms with Gasteiger partial charge in [0, 0.05) is 5.75 Å². The van der Waals surface area contributed by atoms with Crippen molar-refractivity contribution in [3.8, 4) is 6.07 Å². The molecular formula is C15H27NO2S. The minimum atomic E-state index is -2.96. The van der Waals surface area contributed by atoms with Gasteiger partial charge in [0.1, 0.15) is 9.84 Å². The third-order valence-corrected chi connectivity index (χ3v) is 6.44. The summed E-state index contributed by atoms with van der Waals surface area (Å²) in [6.07, 6.45) is 4.30. The lowest BCUT2D eigenvalue weighted by Crippen LogP contribution is -2.33. The quantitative estimate of drug-likeness (QED) is 0.793. The van der Waals surface area contributed by atoms with Crippen molar-refractivity contribution in [2.24, 2.45) is 16.7 Å². The molecule has 1 aliphatic carbocycles. The summed E-state index contributed by atoms with van der Waals surface area (Å²) in [5, 5.41) is 9.46. The molecule has 0 N–H and O–H groups in total. The highest BCUT2D eigenvalue weighted by atomic mass is 32.2. The molecule has 0 atom stereocenters. The van der Waals surface area contributed by atoms with E-state index in [4.69, 9.17) is 0 Å². The van der Waals surface area contributed by atoms with E-state index >= 15 is 0 Å². The van der Waals surface area contributed by atoms with Crippen LogP contribution in [0.25, 0.3) is 0 Å². The molecule has 1 fully saturated rings. The molecule has 0 unspecified atom stereocenters. The second-order valence-corrected chi connectivity index (χ2v) is 9.49. The molecule has 110 valence electrons. The Kier molecular flexibility index (Phi) is 5.06. The van der Waals surface area contributed by atoms with Gasteiger partial charge in [-0.1, -0.05) is 27.7 Å². The van der Waals surface area contributed by atoms with Gasteiger partial charge in [-0.2, -0.15) is 5.26 Å². The average molecular weight is 285 g/mol. The first kappa shape index (κ1) is 16.5. The summed E-state index contributed by atoms with van der Waals surface area (Å²) >= 11 is 0. The summed E-state index contributed by atoms with van der Waals surface area (Å²) in [6.45, 7) is 8.42. The van der Waals surface area contributed by atoms with Crippen LogP contribution in [0.15, 0.2) is 0 Å². The molecule has 1 saturated carbocycles. The molecule has 3 nitrogen and oxygen atoms in total. The van der Waals surface area contributed by atoms with Gasteiger partial charge in [0.2, 0.25) is 0 Å². The fourth-order valence-electron chi connectivity index (χ4n) is 2.95. The number of hydrogen-bond acceptors (Lipinski definition) is 3. The Hall–Kier alpha value is -0.560. The lowest BCUT2D eigenvalue weighted by molar-refractivity contribution is 0.119. The first-order valence-corrected chi connectivity index (χ1v) is 9.08. The minimum Gasteiger partial charge on any atom is -0.229 e. The SMILES string of the molecule is CCS(=O)(=O)CCC1(C#N)CCC(C(C)(C)C)CC1. The topological polar surface area (TPSA) is 57.9 Å². The van der Waals surface area contributed by atoms with E-state index in [0.717, 1.165) is 25.7 Å². The highest BCUT2D eigenvalue weighted by Crippen LogP contribution is 2.46. The molecule has 0 heterocycles. The van der Waals surface area contributed by atoms with Crippen molar-refractivity contribution in [3.05, 3.63) is 0 Å². The summed E-state index contributed by atoms with van der Waals surface area (Å²) in [5.41, 5.74) is -0.110. The van der Waals surface area contributed by atoms with Crippen molar-refractivity contribution < 1.29 is 8.42 Å². The summed E-state index contributed by atoms with van der Waals surface area (Å²) in [6, 6.07) is 2.42. The molecule has 0 aliphatic heterocycles. The van der Waals surface area contributed by atoms with E-state index in [2.05, 4.69) is 26.8 Å². The fourth-order valence-corrected chi connectivity index (χ4v) is 3.94. The molecule has 0 radical (unpaired) electrons. The Bertz CT molecular complexity index is 432. The molecule has 0 spiro atoms. The molecule has 0 saturated heterocycles. The van der Waals surface area contributed by atoms with E-state index in [0.29, 0.717) is 12.3 Å². The summed E-state index contributed by atoms with van der Waals surface area (Å²) in [7, 11) is -2.96. The molecule has 0 amide bonds. The van der Waals surface area contributed by atoms with Gasteiger partial charge in [-0.3, -0.25) is 0 Å². The van der Waals surface area contributed by atoms with Crippen LogP contribution >= 0.6 is 0 Å². The van der Waals surface area contributed by atoms with E-state index in [1.165, 1.54) is 0 Å². The molecule has 0 aromatic heterocycles. The molecule has 0 aromatic rings. The van der Waals surface area contributed by atoms with Crippen molar-refractivity contribution >= 4 is 9.84 Å². The number of sulfone groups is 1. The zero-order valence-electron chi connectivity index (χ0n) is 12.7. The largest absolute Gasteiger partial charge is 0.229 e. The summed E-state index contributed by atoms with van der Waals surface area (Å²) < 4.78 is 23.2. The van der Waals surface area contributed by atoms with Crippen LogP contribution in [0.3, 0.4) is 0 Å². The van der Waals surface area contributed by atoms with Crippen LogP contribution in [0.2, 0.25) is 0 Å². The molecule has 0 aromatic carbocycles. The van der Waals surface area contributed by atoms with Gasteiger partial charge in [-0.15, -0.1) is 0 Å². The monoisotopic (exact) mass is 285 g/mol. The maximum Gasteiger partial charge on any atom is 0.150 e. The van der Waals surface area contributed by atoms with E-state index in [1.807, 2.05) is 0 Å². The highest BCUT2D eigenvalue weighted by Gasteiger charge is 2.39. The van der Waals surface area contributed by atoms with Crippen LogP contribution in [0.1, 0.15) is 59.8 Å². The number of rotatable bonds is 4. The van der Waals surface area contributed by atoms with E-state index in [-0.39, 0.29) is 16.9 Å². The molecule has 1 aliphatic rings. The van der Waals surface area contributed by atoms with Gasteiger partial charge in [0.25, 0.3) is 0 Å². The first-order valence-electron chi connectivity index (χ1n) is 7.26. The third-order valence-electron chi connectivity index (χ3n) is 4.74. The lowest BCUT2D eigenvalue weighted by Gasteiger charge is -2.40. The first-order chi connectivity index (χ1) is 8.64. The summed E-state index contributed by atoms with van der Waals surface area (Å²) in [5.74, 6) is 0.993. The molecular weight excluding hydrogens is 258 g/mol. The van der Waals surface area contributed by atoms with Crippen molar-refractivity contribution in [1.29, 1.82) is 5.26 Å². The van der Waals surface area contributed by atoms with E-state index in [9.17, 15) is 13.7 Å². The smallest absolute Gasteiger partial charge is 0.150 e. The fraction of sp³-hybridized carbons (Fsp3) is 0.933. The Morgan fingerprint density at radius 2 is 1.79 bits per heavy atom. The zero-order valence-corrected chi connectivity index (χ0v) is 13.5. The van der Waals surface area contributed by atoms with Gasteiger partial charge in [-0.05, 0) is 43.4 Å². The molecule has 4 heteroatoms. The second-order valence-electron chi connectivity index (χ2n) is 7.02. The van der Waals surface area contributed by atoms with Crippen molar-refractivity contribution in [2.45, 2.75) is 59.8 Å². The Morgan fingerprint density at radius 1 is 1.26 bits per heavy atom. The maximum atomic E-state index is 11.6. The predicted octanol–water partition coefficient (Wildman–Crippen LogP) is 3.56. The minimum absolute atomic E-state index is 0.164. The Balaban J connectivity index is 2.64. The number of nitriles is 1. The Morgan fingerprint density at radius 3 is 2.16 bits per heavy atom. The van der Waals surface area contributed by atoms with Crippen LogP contribution < -0.4 is 0 Å². The van der Waals surface area contributed by atoms with Crippen LogP contribution in [0, 0.1) is 28.1 Å². The number of hydrogen-bond donors (Lipinski definition) is 0. The van der Waals surface area contributed by atoms with Gasteiger partial charge < -0.3 is 0 Å². The van der Waals surface area contributed by atoms with Crippen LogP contribution in [-0.4, -0.2) is 19.9 Å². The van der Waals surface area contributed by atoms with Crippen molar-refractivity contribution in [3.63, 3.8) is 0 Å². The van der Waals surface area contributed by atoms with Crippen LogP contribution in [-0.2, 0) is 9.84 Å². The van der Waals surface area contributed by atoms with Gasteiger partial charge in [0.05, 0.1) is 17.2 Å². The van der Waals surface area contributed by atoms with Gasteiger partial charge in [0.15, 0.2) is 0 Å². The average Bonchev–Trinajstić information content (AvgIpc) is 2.36. The lowest BCUT2D eigenvalue weighted by atomic mass is 9.64. The third kappa shape index (κ3) is 4.49. The molecule has 0 bridgehead atoms. The highest BCUT2D eigenvalue weighted by molar-refractivity contribution is 7.91.